The molecule has 3 nitrogen and oxygen atoms in total. The van der Waals surface area contributed by atoms with Crippen LogP contribution in [0.4, 0.5) is 0 Å². The van der Waals surface area contributed by atoms with Gasteiger partial charge in [0, 0.05) is 13.0 Å². The maximum absolute atomic E-state index is 10.6. The van der Waals surface area contributed by atoms with E-state index < -0.39 is 0 Å². The first-order valence-corrected chi connectivity index (χ1v) is 5.37. The minimum absolute atomic E-state index is 0.298. The quantitative estimate of drug-likeness (QED) is 0.672. The Kier molecular flexibility index (Phi) is 6.11. The molecule has 1 atom stereocenters. The Morgan fingerprint density at radius 2 is 1.94 bits per heavy atom. The van der Waals surface area contributed by atoms with Crippen LogP contribution in [0.1, 0.15) is 24.8 Å². The van der Waals surface area contributed by atoms with Crippen LogP contribution >= 0.6 is 0 Å². The van der Waals surface area contributed by atoms with E-state index in [1.165, 1.54) is 0 Å². The van der Waals surface area contributed by atoms with Crippen LogP contribution in [-0.2, 0) is 16.1 Å². The Bertz CT molecular complexity index is 311. The van der Waals surface area contributed by atoms with Crippen molar-refractivity contribution in [2.45, 2.75) is 31.8 Å². The molecule has 0 spiro atoms. The number of rotatable bonds is 8. The summed E-state index contributed by atoms with van der Waals surface area (Å²) in [5.74, 6) is 0. The maximum atomic E-state index is 10.6. The SMILES string of the molecule is O=[C]CCCC([C]=O)NCc1ccccc1. The zero-order valence-corrected chi connectivity index (χ0v) is 9.11. The molecule has 0 saturated heterocycles. The molecule has 3 heteroatoms. The van der Waals surface area contributed by atoms with E-state index in [0.717, 1.165) is 5.56 Å². The molecule has 0 aliphatic heterocycles. The molecule has 84 valence electrons. The fourth-order valence-corrected chi connectivity index (χ4v) is 1.42. The predicted octanol–water partition coefficient (Wildman–Crippen LogP) is 1.53. The molecule has 1 aromatic rings. The highest BCUT2D eigenvalue weighted by molar-refractivity contribution is 5.58. The van der Waals surface area contributed by atoms with Crippen LogP contribution in [0.2, 0.25) is 0 Å². The second-order valence-corrected chi connectivity index (χ2v) is 3.57. The van der Waals surface area contributed by atoms with Crippen LogP contribution in [-0.4, -0.2) is 18.6 Å². The minimum atomic E-state index is -0.298. The van der Waals surface area contributed by atoms with Crippen molar-refractivity contribution in [2.24, 2.45) is 0 Å². The number of hydrogen-bond acceptors (Lipinski definition) is 3. The van der Waals surface area contributed by atoms with Crippen LogP contribution in [0.25, 0.3) is 0 Å². The summed E-state index contributed by atoms with van der Waals surface area (Å²) < 4.78 is 0. The van der Waals surface area contributed by atoms with Gasteiger partial charge in [-0.3, -0.25) is 9.59 Å². The van der Waals surface area contributed by atoms with Crippen LogP contribution < -0.4 is 5.32 Å². The van der Waals surface area contributed by atoms with Gasteiger partial charge in [0.2, 0.25) is 6.29 Å². The number of unbranched alkanes of at least 4 members (excludes halogenated alkanes) is 1. The summed E-state index contributed by atoms with van der Waals surface area (Å²) >= 11 is 0. The average molecular weight is 217 g/mol. The Morgan fingerprint density at radius 1 is 1.19 bits per heavy atom. The molecule has 2 radical (unpaired) electrons. The first-order chi connectivity index (χ1) is 7.86. The average Bonchev–Trinajstić information content (AvgIpc) is 2.35. The minimum Gasteiger partial charge on any atom is -0.303 e. The van der Waals surface area contributed by atoms with Gasteiger partial charge in [0.05, 0.1) is 6.04 Å². The van der Waals surface area contributed by atoms with Crippen molar-refractivity contribution < 1.29 is 9.59 Å². The van der Waals surface area contributed by atoms with Gasteiger partial charge in [-0.2, -0.15) is 0 Å². The normalized spacial score (nSPS) is 12.0. The van der Waals surface area contributed by atoms with E-state index in [9.17, 15) is 9.59 Å². The number of nitrogens with one attached hydrogen (secondary N) is 1. The molecule has 0 aliphatic rings. The number of carbonyl (C=O) groups excluding carboxylic acids is 2. The van der Waals surface area contributed by atoms with Gasteiger partial charge in [0.1, 0.15) is 0 Å². The molecular weight excluding hydrogens is 202 g/mol. The number of benzene rings is 1. The third-order valence-electron chi connectivity index (χ3n) is 2.31. The van der Waals surface area contributed by atoms with Gasteiger partial charge in [0.15, 0.2) is 6.29 Å². The van der Waals surface area contributed by atoms with Gasteiger partial charge in [-0.1, -0.05) is 30.3 Å². The first-order valence-electron chi connectivity index (χ1n) is 5.37. The topological polar surface area (TPSA) is 46.2 Å². The second kappa shape index (κ2) is 7.77. The summed E-state index contributed by atoms with van der Waals surface area (Å²) in [7, 11) is 0. The van der Waals surface area contributed by atoms with Crippen molar-refractivity contribution in [3.8, 4) is 0 Å². The van der Waals surface area contributed by atoms with Crippen molar-refractivity contribution >= 4 is 12.6 Å². The largest absolute Gasteiger partial charge is 0.303 e. The molecule has 0 aromatic heterocycles. The lowest BCUT2D eigenvalue weighted by atomic mass is 10.1. The molecule has 0 amide bonds. The van der Waals surface area contributed by atoms with Gasteiger partial charge in [0.25, 0.3) is 0 Å². The van der Waals surface area contributed by atoms with E-state index in [1.807, 2.05) is 42.9 Å². The predicted molar refractivity (Wildman–Crippen MR) is 62.3 cm³/mol. The lowest BCUT2D eigenvalue weighted by molar-refractivity contribution is 0.491. The lowest BCUT2D eigenvalue weighted by Crippen LogP contribution is -2.29. The Labute approximate surface area is 95.9 Å². The van der Waals surface area contributed by atoms with E-state index in [1.54, 1.807) is 0 Å². The standard InChI is InChI=1S/C13H15NO2/c15-9-5-4-8-13(11-16)14-10-12-6-2-1-3-7-12/h1-3,6-7,13-14H,4-5,8,10H2. The van der Waals surface area contributed by atoms with Crippen molar-refractivity contribution in [2.75, 3.05) is 0 Å². The highest BCUT2D eigenvalue weighted by Crippen LogP contribution is 2.01. The van der Waals surface area contributed by atoms with Crippen LogP contribution in [0.5, 0.6) is 0 Å². The Balaban J connectivity index is 2.28. The Hall–Kier alpha value is -1.48. The maximum Gasteiger partial charge on any atom is 0.216 e. The lowest BCUT2D eigenvalue weighted by Gasteiger charge is -2.10. The molecular formula is C13H15NO2. The molecule has 0 heterocycles. The molecule has 1 unspecified atom stereocenters. The fraction of sp³-hybridized carbons (Fsp3) is 0.385. The summed E-state index contributed by atoms with van der Waals surface area (Å²) in [4.78, 5) is 20.6. The summed E-state index contributed by atoms with van der Waals surface area (Å²) in [6.45, 7) is 0.644. The third-order valence-corrected chi connectivity index (χ3v) is 2.31. The Morgan fingerprint density at radius 3 is 2.56 bits per heavy atom. The van der Waals surface area contributed by atoms with Crippen LogP contribution in [0.3, 0.4) is 0 Å². The summed E-state index contributed by atoms with van der Waals surface area (Å²) in [5.41, 5.74) is 1.13. The summed E-state index contributed by atoms with van der Waals surface area (Å²) in [5, 5.41) is 3.09. The molecule has 1 aromatic carbocycles. The van der Waals surface area contributed by atoms with Crippen molar-refractivity contribution in [3.63, 3.8) is 0 Å². The number of hydrogen-bond donors (Lipinski definition) is 1. The van der Waals surface area contributed by atoms with Crippen LogP contribution in [0.15, 0.2) is 30.3 Å². The molecule has 1 rings (SSSR count). The molecule has 1 N–H and O–H groups in total. The van der Waals surface area contributed by atoms with Gasteiger partial charge in [-0.25, -0.2) is 0 Å². The van der Waals surface area contributed by atoms with E-state index >= 15 is 0 Å². The monoisotopic (exact) mass is 217 g/mol. The van der Waals surface area contributed by atoms with E-state index in [2.05, 4.69) is 5.32 Å². The van der Waals surface area contributed by atoms with Gasteiger partial charge >= 0.3 is 0 Å². The highest BCUT2D eigenvalue weighted by Gasteiger charge is 2.06. The van der Waals surface area contributed by atoms with Crippen molar-refractivity contribution in [1.82, 2.24) is 5.32 Å². The van der Waals surface area contributed by atoms with Gasteiger partial charge < -0.3 is 5.32 Å². The highest BCUT2D eigenvalue weighted by atomic mass is 16.1. The third kappa shape index (κ3) is 4.84. The summed E-state index contributed by atoms with van der Waals surface area (Å²) in [6.07, 6.45) is 5.44. The van der Waals surface area contributed by atoms with Crippen molar-refractivity contribution in [1.29, 1.82) is 0 Å². The summed E-state index contributed by atoms with van der Waals surface area (Å²) in [6, 6.07) is 9.55. The van der Waals surface area contributed by atoms with Gasteiger partial charge in [-0.15, -0.1) is 0 Å². The zero-order chi connectivity index (χ0) is 11.6. The van der Waals surface area contributed by atoms with E-state index in [-0.39, 0.29) is 6.04 Å². The molecule has 16 heavy (non-hydrogen) atoms. The fourth-order valence-electron chi connectivity index (χ4n) is 1.42. The van der Waals surface area contributed by atoms with E-state index in [4.69, 9.17) is 0 Å². The smallest absolute Gasteiger partial charge is 0.216 e. The van der Waals surface area contributed by atoms with Crippen molar-refractivity contribution in [3.05, 3.63) is 35.9 Å². The van der Waals surface area contributed by atoms with Crippen LogP contribution in [0, 0.1) is 0 Å². The molecule has 0 bridgehead atoms. The second-order valence-electron chi connectivity index (χ2n) is 3.57. The van der Waals surface area contributed by atoms with E-state index in [0.29, 0.717) is 25.8 Å². The zero-order valence-electron chi connectivity index (χ0n) is 9.11. The first kappa shape index (κ1) is 12.6. The molecule has 0 fully saturated rings. The molecule has 0 aliphatic carbocycles. The van der Waals surface area contributed by atoms with Gasteiger partial charge in [-0.05, 0) is 18.4 Å². The molecule has 0 saturated carbocycles.